The normalized spacial score (nSPS) is 12.8. The highest BCUT2D eigenvalue weighted by atomic mass is 16.5. The Balaban J connectivity index is 0.000000360. The molecule has 4 aromatic rings. The second-order valence-corrected chi connectivity index (χ2v) is 17.4. The first-order valence-electron chi connectivity index (χ1n) is 23.3. The van der Waals surface area contributed by atoms with Gasteiger partial charge in [0.05, 0.1) is 67.9 Å². The van der Waals surface area contributed by atoms with Crippen molar-refractivity contribution in [2.24, 2.45) is 5.92 Å². The van der Waals surface area contributed by atoms with Crippen LogP contribution < -0.4 is 28.4 Å². The number of carbonyl (C=O) groups is 2. The van der Waals surface area contributed by atoms with Gasteiger partial charge < -0.3 is 47.7 Å². The number of ether oxygens (including phenoxy) is 8. The van der Waals surface area contributed by atoms with Crippen molar-refractivity contribution in [2.45, 2.75) is 84.0 Å². The Hall–Kier alpha value is -5.97. The molecule has 2 atom stereocenters. The first kappa shape index (κ1) is 56.4. The van der Waals surface area contributed by atoms with Gasteiger partial charge in [0, 0.05) is 13.1 Å². The predicted octanol–water partition coefficient (Wildman–Crippen LogP) is 9.34. The molecule has 0 aliphatic carbocycles. The van der Waals surface area contributed by atoms with E-state index in [1.165, 1.54) is 12.7 Å². The molecular weight excluding hydrogens is 863 g/mol. The maximum absolute atomic E-state index is 13.2. The number of hydrogen-bond donors (Lipinski definition) is 0. The van der Waals surface area contributed by atoms with Crippen molar-refractivity contribution in [3.63, 3.8) is 0 Å². The standard InChI is InChI=1S/C28H41NO5.C27H36N2O5/c1-20(2)28(27(30)34-8,23-12-10-21(3)25(19-23)32-6)15-9-16-29(4)17-14-22-11-13-24(31-5)26(18-22)33-7;1-7-34-26(30)27(19-28,22-10-12-23(31-4)20(2)17-22)14-8-15-29(3)16-13-21-9-11-24(32-5)25(18-21)33-6/h10-13,18-20H,9,14-17H2,1-8H3;9-12,17-18H,7-8,13-16H2,1-6H3. The summed E-state index contributed by atoms with van der Waals surface area (Å²) in [6, 6.07) is 25.7. The number of esters is 2. The molecule has 13 heteroatoms. The zero-order valence-electron chi connectivity index (χ0n) is 43.2. The second kappa shape index (κ2) is 27.7. The molecule has 0 aliphatic heterocycles. The van der Waals surface area contributed by atoms with Crippen molar-refractivity contribution in [3.05, 3.63) is 106 Å². The van der Waals surface area contributed by atoms with E-state index in [9.17, 15) is 14.9 Å². The van der Waals surface area contributed by atoms with Gasteiger partial charge in [-0.2, -0.15) is 5.26 Å². The highest BCUT2D eigenvalue weighted by Crippen LogP contribution is 2.41. The summed E-state index contributed by atoms with van der Waals surface area (Å²) in [5.74, 6) is 3.79. The van der Waals surface area contributed by atoms with E-state index >= 15 is 0 Å². The van der Waals surface area contributed by atoms with Crippen LogP contribution in [-0.4, -0.2) is 118 Å². The van der Waals surface area contributed by atoms with E-state index in [0.717, 1.165) is 84.9 Å². The van der Waals surface area contributed by atoms with Crippen LogP contribution in [0.3, 0.4) is 0 Å². The van der Waals surface area contributed by atoms with Crippen molar-refractivity contribution in [3.8, 4) is 40.6 Å². The Morgan fingerprint density at radius 1 is 0.574 bits per heavy atom. The lowest BCUT2D eigenvalue weighted by atomic mass is 9.68. The van der Waals surface area contributed by atoms with Gasteiger partial charge in [-0.05, 0) is 162 Å². The third-order valence-electron chi connectivity index (χ3n) is 12.8. The molecule has 0 aromatic heterocycles. The lowest BCUT2D eigenvalue weighted by Crippen LogP contribution is -2.42. The van der Waals surface area contributed by atoms with Gasteiger partial charge in [0.15, 0.2) is 28.4 Å². The van der Waals surface area contributed by atoms with E-state index in [1.807, 2.05) is 75.5 Å². The largest absolute Gasteiger partial charge is 0.496 e. The first-order valence-corrected chi connectivity index (χ1v) is 23.3. The highest BCUT2D eigenvalue weighted by Gasteiger charge is 2.45. The van der Waals surface area contributed by atoms with Gasteiger partial charge in [-0.15, -0.1) is 0 Å². The van der Waals surface area contributed by atoms with E-state index in [2.05, 4.69) is 42.8 Å². The lowest BCUT2D eigenvalue weighted by Gasteiger charge is -2.36. The van der Waals surface area contributed by atoms with Crippen LogP contribution in [0.4, 0.5) is 0 Å². The molecule has 4 aromatic carbocycles. The van der Waals surface area contributed by atoms with Crippen LogP contribution in [0.2, 0.25) is 0 Å². The minimum absolute atomic E-state index is 0.0735. The molecule has 0 heterocycles. The van der Waals surface area contributed by atoms with Crippen LogP contribution in [0.15, 0.2) is 72.8 Å². The van der Waals surface area contributed by atoms with Crippen LogP contribution in [0.5, 0.6) is 34.5 Å². The highest BCUT2D eigenvalue weighted by molar-refractivity contribution is 5.87. The Kier molecular flexibility index (Phi) is 23.0. The van der Waals surface area contributed by atoms with E-state index in [1.54, 1.807) is 61.7 Å². The molecule has 0 fully saturated rings. The number of methoxy groups -OCH3 is 7. The zero-order chi connectivity index (χ0) is 50.4. The summed E-state index contributed by atoms with van der Waals surface area (Å²) in [5, 5.41) is 10.1. The summed E-state index contributed by atoms with van der Waals surface area (Å²) in [5.41, 5.74) is 3.78. The lowest BCUT2D eigenvalue weighted by molar-refractivity contribution is -0.150. The summed E-state index contributed by atoms with van der Waals surface area (Å²) in [4.78, 5) is 30.6. The molecule has 0 radical (unpaired) electrons. The molecule has 0 aliphatic rings. The van der Waals surface area contributed by atoms with Crippen molar-refractivity contribution in [1.29, 1.82) is 5.26 Å². The number of carbonyl (C=O) groups excluding carboxylic acids is 2. The van der Waals surface area contributed by atoms with Crippen molar-refractivity contribution >= 4 is 11.9 Å². The Morgan fingerprint density at radius 2 is 1.06 bits per heavy atom. The second-order valence-electron chi connectivity index (χ2n) is 17.4. The summed E-state index contributed by atoms with van der Waals surface area (Å²) in [6.07, 6.45) is 4.35. The van der Waals surface area contributed by atoms with Gasteiger partial charge in [0.2, 0.25) is 0 Å². The maximum atomic E-state index is 13.2. The van der Waals surface area contributed by atoms with Crippen molar-refractivity contribution in [2.75, 3.05) is 96.6 Å². The summed E-state index contributed by atoms with van der Waals surface area (Å²) < 4.78 is 43.0. The van der Waals surface area contributed by atoms with E-state index < -0.39 is 16.8 Å². The fourth-order valence-corrected chi connectivity index (χ4v) is 8.61. The first-order chi connectivity index (χ1) is 32.6. The van der Waals surface area contributed by atoms with Crippen LogP contribution in [0.25, 0.3) is 0 Å². The Labute approximate surface area is 406 Å². The average molecular weight is 940 g/mol. The zero-order valence-corrected chi connectivity index (χ0v) is 43.2. The smallest absolute Gasteiger partial charge is 0.331 e. The number of hydrogen-bond acceptors (Lipinski definition) is 13. The molecule has 0 bridgehead atoms. The maximum Gasteiger partial charge on any atom is 0.331 e. The molecule has 0 amide bonds. The van der Waals surface area contributed by atoms with Gasteiger partial charge in [-0.25, -0.2) is 4.79 Å². The molecule has 0 spiro atoms. The predicted molar refractivity (Wildman–Crippen MR) is 268 cm³/mol. The fraction of sp³-hybridized carbons (Fsp3) is 0.509. The van der Waals surface area contributed by atoms with Crippen molar-refractivity contribution in [1.82, 2.24) is 9.80 Å². The molecule has 13 nitrogen and oxygen atoms in total. The average Bonchev–Trinajstić information content (AvgIpc) is 3.35. The van der Waals surface area contributed by atoms with Gasteiger partial charge in [0.25, 0.3) is 0 Å². The topological polar surface area (TPSA) is 138 Å². The van der Waals surface area contributed by atoms with Gasteiger partial charge in [0.1, 0.15) is 11.5 Å². The molecule has 0 N–H and O–H groups in total. The van der Waals surface area contributed by atoms with Crippen LogP contribution in [-0.2, 0) is 42.7 Å². The van der Waals surface area contributed by atoms with Gasteiger partial charge >= 0.3 is 11.9 Å². The molecule has 0 saturated heterocycles. The Bertz CT molecular complexity index is 2260. The number of rotatable bonds is 26. The third kappa shape index (κ3) is 14.5. The quantitative estimate of drug-likeness (QED) is 0.0554. The minimum Gasteiger partial charge on any atom is -0.496 e. The Morgan fingerprint density at radius 3 is 1.50 bits per heavy atom. The van der Waals surface area contributed by atoms with Crippen LogP contribution >= 0.6 is 0 Å². The van der Waals surface area contributed by atoms with E-state index in [4.69, 9.17) is 37.9 Å². The minimum atomic E-state index is -1.35. The fourth-order valence-electron chi connectivity index (χ4n) is 8.61. The summed E-state index contributed by atoms with van der Waals surface area (Å²) in [7, 11) is 15.4. The molecular formula is C55H77N3O10. The molecule has 372 valence electrons. The van der Waals surface area contributed by atoms with Crippen LogP contribution in [0.1, 0.15) is 79.8 Å². The third-order valence-corrected chi connectivity index (χ3v) is 12.8. The number of nitriles is 1. The summed E-state index contributed by atoms with van der Waals surface area (Å²) >= 11 is 0. The molecule has 4 rings (SSSR count). The van der Waals surface area contributed by atoms with Crippen LogP contribution in [0, 0.1) is 31.1 Å². The monoisotopic (exact) mass is 940 g/mol. The molecule has 2 unspecified atom stereocenters. The number of benzene rings is 4. The van der Waals surface area contributed by atoms with E-state index in [0.29, 0.717) is 42.1 Å². The molecule has 68 heavy (non-hydrogen) atoms. The van der Waals surface area contributed by atoms with Crippen molar-refractivity contribution < 1.29 is 47.5 Å². The van der Waals surface area contributed by atoms with Gasteiger partial charge in [-0.3, -0.25) is 4.79 Å². The summed E-state index contributed by atoms with van der Waals surface area (Å²) in [6.45, 7) is 13.4. The number of likely N-dealkylation sites (N-methyl/N-ethyl adjacent to an activating group) is 2. The molecule has 0 saturated carbocycles. The van der Waals surface area contributed by atoms with Gasteiger partial charge in [-0.1, -0.05) is 50.2 Å². The SMILES string of the molecule is CCOC(=O)C(C#N)(CCCN(C)CCc1ccc(OC)c(OC)c1)c1ccc(OC)c(C)c1.COC(=O)C(CCCN(C)CCc1ccc(OC)c(OC)c1)(c1ccc(C)c(OC)c1)C(C)C. The number of aryl methyl sites for hydroxylation is 2. The number of nitrogens with zero attached hydrogens (tertiary/aromatic N) is 3. The van der Waals surface area contributed by atoms with E-state index in [-0.39, 0.29) is 18.5 Å².